The summed E-state index contributed by atoms with van der Waals surface area (Å²) in [4.78, 5) is 0. The fourth-order valence-corrected chi connectivity index (χ4v) is 2.36. The van der Waals surface area contributed by atoms with Crippen LogP contribution in [0.3, 0.4) is 0 Å². The minimum Gasteiger partial charge on any atom is -0.369 e. The van der Waals surface area contributed by atoms with E-state index in [9.17, 15) is 0 Å². The zero-order valence-corrected chi connectivity index (χ0v) is 12.1. The van der Waals surface area contributed by atoms with Crippen molar-refractivity contribution in [2.24, 2.45) is 21.7 Å². The molecule has 3 rings (SSSR count). The van der Waals surface area contributed by atoms with Gasteiger partial charge in [-0.15, -0.1) is 5.10 Å². The summed E-state index contributed by atoms with van der Waals surface area (Å²) in [5.74, 6) is -0.0511. The van der Waals surface area contributed by atoms with E-state index in [2.05, 4.69) is 51.3 Å². The van der Waals surface area contributed by atoms with Crippen LogP contribution in [0.4, 0.5) is 0 Å². The molecule has 3 aromatic rings. The third-order valence-electron chi connectivity index (χ3n) is 3.37. The molecule has 0 unspecified atom stereocenters. The third-order valence-corrected chi connectivity index (χ3v) is 3.37. The van der Waals surface area contributed by atoms with Crippen molar-refractivity contribution in [3.05, 3.63) is 71.9 Å². The molecule has 110 valence electrons. The maximum Gasteiger partial charge on any atom is 0.211 e. The average molecular weight is 291 g/mol. The van der Waals surface area contributed by atoms with E-state index in [1.807, 2.05) is 24.3 Å². The van der Waals surface area contributed by atoms with Gasteiger partial charge in [0.2, 0.25) is 5.96 Å². The topological polar surface area (TPSA) is 81.7 Å². The van der Waals surface area contributed by atoms with Crippen molar-refractivity contribution in [2.75, 3.05) is 0 Å². The minimum absolute atomic E-state index is 0.0511. The van der Waals surface area contributed by atoms with Crippen LogP contribution in [0.15, 0.2) is 71.0 Å². The number of rotatable bonds is 4. The van der Waals surface area contributed by atoms with Crippen molar-refractivity contribution in [3.8, 4) is 0 Å². The summed E-state index contributed by atoms with van der Waals surface area (Å²) in [5.41, 5.74) is 13.9. The normalized spacial score (nSPS) is 11.1. The van der Waals surface area contributed by atoms with Crippen molar-refractivity contribution in [1.82, 2.24) is 4.57 Å². The van der Waals surface area contributed by atoms with Crippen LogP contribution in [0.1, 0.15) is 11.1 Å². The second-order valence-electron chi connectivity index (χ2n) is 5.02. The number of nitrogens with zero attached hydrogens (tertiary/aromatic N) is 3. The molecular formula is C17H17N5. The Kier molecular flexibility index (Phi) is 3.87. The van der Waals surface area contributed by atoms with Gasteiger partial charge in [0.1, 0.15) is 0 Å². The van der Waals surface area contributed by atoms with Crippen molar-refractivity contribution in [3.63, 3.8) is 0 Å². The van der Waals surface area contributed by atoms with Crippen LogP contribution in [0.2, 0.25) is 0 Å². The van der Waals surface area contributed by atoms with Gasteiger partial charge in [0.05, 0.1) is 6.21 Å². The standard InChI is InChI=1S/C17H17N5/c18-17(19)21-20-11-14-6-7-15-8-9-22(16(15)10-14)12-13-4-2-1-3-5-13/h1-11H,12H2,(H4,18,19,21). The fourth-order valence-electron chi connectivity index (χ4n) is 2.36. The Labute approximate surface area is 128 Å². The molecule has 0 fully saturated rings. The van der Waals surface area contributed by atoms with Gasteiger partial charge in [-0.1, -0.05) is 42.5 Å². The summed E-state index contributed by atoms with van der Waals surface area (Å²) in [6, 6.07) is 18.6. The third kappa shape index (κ3) is 3.15. The molecule has 0 bridgehead atoms. The van der Waals surface area contributed by atoms with Gasteiger partial charge in [0.15, 0.2) is 0 Å². The predicted octanol–water partition coefficient (Wildman–Crippen LogP) is 2.30. The highest BCUT2D eigenvalue weighted by Crippen LogP contribution is 2.18. The Balaban J connectivity index is 1.92. The lowest BCUT2D eigenvalue weighted by Crippen LogP contribution is -2.21. The Morgan fingerprint density at radius 1 is 1.05 bits per heavy atom. The SMILES string of the molecule is NC(N)=NN=Cc1ccc2ccn(Cc3ccccc3)c2c1. The molecular weight excluding hydrogens is 274 g/mol. The predicted molar refractivity (Wildman–Crippen MR) is 90.9 cm³/mol. The molecule has 0 amide bonds. The summed E-state index contributed by atoms with van der Waals surface area (Å²) in [6.45, 7) is 0.832. The molecule has 0 aliphatic rings. The molecule has 4 N–H and O–H groups in total. The number of hydrogen-bond acceptors (Lipinski definition) is 2. The van der Waals surface area contributed by atoms with Crippen molar-refractivity contribution in [2.45, 2.75) is 6.54 Å². The number of fused-ring (bicyclic) bond motifs is 1. The second kappa shape index (κ2) is 6.13. The lowest BCUT2D eigenvalue weighted by molar-refractivity contribution is 0.837. The Morgan fingerprint density at radius 2 is 1.86 bits per heavy atom. The highest BCUT2D eigenvalue weighted by atomic mass is 15.3. The molecule has 5 nitrogen and oxygen atoms in total. The van der Waals surface area contributed by atoms with E-state index in [1.165, 1.54) is 10.9 Å². The van der Waals surface area contributed by atoms with Gasteiger partial charge in [0.25, 0.3) is 0 Å². The summed E-state index contributed by atoms with van der Waals surface area (Å²) in [5, 5.41) is 8.65. The molecule has 0 saturated carbocycles. The zero-order valence-electron chi connectivity index (χ0n) is 12.1. The first-order valence-corrected chi connectivity index (χ1v) is 6.97. The van der Waals surface area contributed by atoms with E-state index < -0.39 is 0 Å². The summed E-state index contributed by atoms with van der Waals surface area (Å²) in [6.07, 6.45) is 3.73. The maximum atomic E-state index is 5.25. The zero-order chi connectivity index (χ0) is 15.4. The quantitative estimate of drug-likeness (QED) is 0.439. The van der Waals surface area contributed by atoms with Gasteiger partial charge in [0, 0.05) is 18.3 Å². The molecule has 2 aromatic carbocycles. The number of aromatic nitrogens is 1. The number of hydrogen-bond donors (Lipinski definition) is 2. The molecule has 5 heteroatoms. The minimum atomic E-state index is -0.0511. The highest BCUT2D eigenvalue weighted by molar-refractivity contribution is 5.89. The molecule has 0 saturated heterocycles. The van der Waals surface area contributed by atoms with Crippen molar-refractivity contribution >= 4 is 23.1 Å². The van der Waals surface area contributed by atoms with Crippen LogP contribution in [-0.2, 0) is 6.54 Å². The molecule has 22 heavy (non-hydrogen) atoms. The summed E-state index contributed by atoms with van der Waals surface area (Å²) >= 11 is 0. The molecule has 0 spiro atoms. The molecule has 0 radical (unpaired) electrons. The first kappa shape index (κ1) is 13.9. The number of nitrogens with two attached hydrogens (primary N) is 2. The van der Waals surface area contributed by atoms with Gasteiger partial charge in [-0.3, -0.25) is 0 Å². The van der Waals surface area contributed by atoms with E-state index in [0.29, 0.717) is 0 Å². The Hall–Kier alpha value is -3.08. The van der Waals surface area contributed by atoms with Gasteiger partial charge in [-0.2, -0.15) is 5.10 Å². The smallest absolute Gasteiger partial charge is 0.211 e. The lowest BCUT2D eigenvalue weighted by Gasteiger charge is -2.06. The van der Waals surface area contributed by atoms with Crippen molar-refractivity contribution in [1.29, 1.82) is 0 Å². The van der Waals surface area contributed by atoms with E-state index in [0.717, 1.165) is 17.6 Å². The highest BCUT2D eigenvalue weighted by Gasteiger charge is 2.02. The largest absolute Gasteiger partial charge is 0.369 e. The lowest BCUT2D eigenvalue weighted by atomic mass is 10.2. The first-order chi connectivity index (χ1) is 10.7. The summed E-state index contributed by atoms with van der Waals surface area (Å²) < 4.78 is 2.21. The average Bonchev–Trinajstić information content (AvgIpc) is 2.91. The second-order valence-corrected chi connectivity index (χ2v) is 5.02. The first-order valence-electron chi connectivity index (χ1n) is 6.97. The molecule has 1 aromatic heterocycles. The molecule has 0 aliphatic heterocycles. The van der Waals surface area contributed by atoms with Gasteiger partial charge in [-0.25, -0.2) is 0 Å². The monoisotopic (exact) mass is 291 g/mol. The summed E-state index contributed by atoms with van der Waals surface area (Å²) in [7, 11) is 0. The Morgan fingerprint density at radius 3 is 2.64 bits per heavy atom. The van der Waals surface area contributed by atoms with Crippen LogP contribution < -0.4 is 11.5 Å². The van der Waals surface area contributed by atoms with Gasteiger partial charge >= 0.3 is 0 Å². The maximum absolute atomic E-state index is 5.25. The van der Waals surface area contributed by atoms with Crippen LogP contribution in [0, 0.1) is 0 Å². The van der Waals surface area contributed by atoms with Gasteiger partial charge < -0.3 is 16.0 Å². The fraction of sp³-hybridized carbons (Fsp3) is 0.0588. The van der Waals surface area contributed by atoms with Crippen LogP contribution in [-0.4, -0.2) is 16.7 Å². The van der Waals surface area contributed by atoms with E-state index in [4.69, 9.17) is 11.5 Å². The Bertz CT molecular complexity index is 827. The van der Waals surface area contributed by atoms with E-state index in [1.54, 1.807) is 6.21 Å². The molecule has 1 heterocycles. The number of benzene rings is 2. The molecule has 0 aliphatic carbocycles. The van der Waals surface area contributed by atoms with Crippen molar-refractivity contribution < 1.29 is 0 Å². The number of guanidine groups is 1. The van der Waals surface area contributed by atoms with Crippen LogP contribution in [0.25, 0.3) is 10.9 Å². The van der Waals surface area contributed by atoms with E-state index in [-0.39, 0.29) is 5.96 Å². The van der Waals surface area contributed by atoms with E-state index >= 15 is 0 Å². The van der Waals surface area contributed by atoms with Gasteiger partial charge in [-0.05, 0) is 28.6 Å². The van der Waals surface area contributed by atoms with Crippen LogP contribution in [0.5, 0.6) is 0 Å². The van der Waals surface area contributed by atoms with Crippen LogP contribution >= 0.6 is 0 Å². The molecule has 0 atom stereocenters.